The maximum atomic E-state index is 12.8. The zero-order chi connectivity index (χ0) is 32.0. The van der Waals surface area contributed by atoms with E-state index in [1.165, 1.54) is 0 Å². The first-order valence-electron chi connectivity index (χ1n) is 14.5. The molecule has 0 amide bonds. The first-order chi connectivity index (χ1) is 20.0. The molecule has 0 saturated carbocycles. The largest absolute Gasteiger partial charge is 0.481 e. The number of hydrogen-bond acceptors (Lipinski definition) is 6. The molecule has 0 unspecified atom stereocenters. The van der Waals surface area contributed by atoms with Gasteiger partial charge < -0.3 is 14.2 Å². The van der Waals surface area contributed by atoms with Crippen LogP contribution >= 0.6 is 0 Å². The van der Waals surface area contributed by atoms with Crippen LogP contribution in [0.2, 0.25) is 0 Å². The van der Waals surface area contributed by atoms with E-state index in [1.807, 2.05) is 135 Å². The Morgan fingerprint density at radius 2 is 0.698 bits per heavy atom. The van der Waals surface area contributed by atoms with Crippen molar-refractivity contribution < 1.29 is 28.6 Å². The van der Waals surface area contributed by atoms with Crippen molar-refractivity contribution in [1.29, 1.82) is 0 Å². The van der Waals surface area contributed by atoms with Gasteiger partial charge in [-0.1, -0.05) is 98.7 Å². The highest BCUT2D eigenvalue weighted by atomic mass is 32.2. The molecule has 0 aliphatic rings. The summed E-state index contributed by atoms with van der Waals surface area (Å²) in [5.74, 6) is 1.63. The molecule has 43 heavy (non-hydrogen) atoms. The third kappa shape index (κ3) is 9.20. The van der Waals surface area contributed by atoms with Gasteiger partial charge in [-0.25, -0.2) is 0 Å². The Hall–Kier alpha value is -3.58. The average Bonchev–Trinajstić information content (AvgIpc) is 2.93. The summed E-state index contributed by atoms with van der Waals surface area (Å²) < 4.78 is 18.5. The van der Waals surface area contributed by atoms with Crippen molar-refractivity contribution in [2.24, 2.45) is 16.2 Å². The first-order valence-corrected chi connectivity index (χ1v) is 15.7. The molecule has 3 rings (SSSR count). The number of carbonyl (C=O) groups is 3. The SMILES string of the molecule is CC(C)(C)C(=O)COc1ccccc1[S+](c1ccccc1OCC(=O)C(C)(C)C)c1ccccc1OCC(=O)C(C)(C)C. The lowest BCUT2D eigenvalue weighted by Gasteiger charge is -2.20. The van der Waals surface area contributed by atoms with Crippen LogP contribution in [0.1, 0.15) is 62.3 Å². The molecule has 0 aliphatic heterocycles. The summed E-state index contributed by atoms with van der Waals surface area (Å²) >= 11 is 0. The molecule has 0 heterocycles. The summed E-state index contributed by atoms with van der Waals surface area (Å²) in [7, 11) is -0.866. The Kier molecular flexibility index (Phi) is 10.9. The number of carbonyl (C=O) groups excluding carboxylic acids is 3. The number of benzene rings is 3. The van der Waals surface area contributed by atoms with Crippen LogP contribution in [-0.2, 0) is 25.3 Å². The first kappa shape index (κ1) is 33.9. The van der Waals surface area contributed by atoms with Gasteiger partial charge in [-0.3, -0.25) is 14.4 Å². The van der Waals surface area contributed by atoms with Gasteiger partial charge in [-0.05, 0) is 36.4 Å². The van der Waals surface area contributed by atoms with Gasteiger partial charge >= 0.3 is 0 Å². The second-order valence-corrected chi connectivity index (χ2v) is 15.5. The zero-order valence-corrected chi connectivity index (χ0v) is 27.7. The van der Waals surface area contributed by atoms with Gasteiger partial charge in [0.15, 0.2) is 34.6 Å². The van der Waals surface area contributed by atoms with Crippen molar-refractivity contribution >= 4 is 28.2 Å². The second kappa shape index (κ2) is 13.8. The fourth-order valence-electron chi connectivity index (χ4n) is 3.65. The lowest BCUT2D eigenvalue weighted by atomic mass is 9.91. The van der Waals surface area contributed by atoms with Gasteiger partial charge in [0.1, 0.15) is 30.7 Å². The Morgan fingerprint density at radius 3 is 0.930 bits per heavy atom. The summed E-state index contributed by atoms with van der Waals surface area (Å²) in [4.78, 5) is 40.9. The molecule has 0 bridgehead atoms. The minimum Gasteiger partial charge on any atom is -0.481 e. The third-order valence-corrected chi connectivity index (χ3v) is 9.12. The van der Waals surface area contributed by atoms with Gasteiger partial charge in [-0.2, -0.15) is 0 Å². The van der Waals surface area contributed by atoms with Crippen LogP contribution in [0, 0.1) is 16.2 Å². The van der Waals surface area contributed by atoms with E-state index in [4.69, 9.17) is 14.2 Å². The molecule has 0 fully saturated rings. The van der Waals surface area contributed by atoms with Crippen molar-refractivity contribution in [3.8, 4) is 17.2 Å². The van der Waals surface area contributed by atoms with Crippen molar-refractivity contribution in [3.05, 3.63) is 72.8 Å². The number of Topliss-reactive ketones (excluding diaryl/α,β-unsaturated/α-hetero) is 3. The summed E-state index contributed by atoms with van der Waals surface area (Å²) in [5, 5.41) is 0. The van der Waals surface area contributed by atoms with E-state index in [1.54, 1.807) is 0 Å². The summed E-state index contributed by atoms with van der Waals surface area (Å²) in [6.07, 6.45) is 0. The van der Waals surface area contributed by atoms with Crippen LogP contribution in [0.3, 0.4) is 0 Å². The highest BCUT2D eigenvalue weighted by Crippen LogP contribution is 2.44. The molecule has 6 nitrogen and oxygen atoms in total. The number of ether oxygens (including phenoxy) is 3. The Labute approximate surface area is 259 Å². The van der Waals surface area contributed by atoms with Crippen molar-refractivity contribution in [3.63, 3.8) is 0 Å². The van der Waals surface area contributed by atoms with E-state index in [0.29, 0.717) is 17.2 Å². The lowest BCUT2D eigenvalue weighted by molar-refractivity contribution is -0.129. The average molecular weight is 606 g/mol. The standard InChI is InChI=1S/C36H45O6S/c1-34(2,3)31(37)22-40-25-16-10-13-19-28(25)43(29-20-14-11-17-26(29)41-23-32(38)35(4,5)6)30-21-15-12-18-27(30)42-24-33(39)36(7,8)9/h10-21H,22-24H2,1-9H3/q+1. The highest BCUT2D eigenvalue weighted by molar-refractivity contribution is 7.97. The lowest BCUT2D eigenvalue weighted by Crippen LogP contribution is -2.27. The van der Waals surface area contributed by atoms with Crippen LogP contribution in [0.25, 0.3) is 0 Å². The van der Waals surface area contributed by atoms with E-state index < -0.39 is 27.1 Å². The monoisotopic (exact) mass is 605 g/mol. The molecule has 230 valence electrons. The van der Waals surface area contributed by atoms with Gasteiger partial charge in [0, 0.05) is 16.2 Å². The van der Waals surface area contributed by atoms with Crippen LogP contribution in [0.5, 0.6) is 17.2 Å². The number of rotatable bonds is 12. The Morgan fingerprint density at radius 1 is 0.465 bits per heavy atom. The molecule has 0 atom stereocenters. The van der Waals surface area contributed by atoms with Gasteiger partial charge in [0.05, 0.1) is 0 Å². The molecule has 0 spiro atoms. The summed E-state index contributed by atoms with van der Waals surface area (Å²) in [6.45, 7) is 16.6. The molecule has 3 aromatic carbocycles. The summed E-state index contributed by atoms with van der Waals surface area (Å²) in [5.41, 5.74) is -1.63. The molecule has 0 aromatic heterocycles. The maximum Gasteiger partial charge on any atom is 0.208 e. The van der Waals surface area contributed by atoms with Gasteiger partial charge in [0.2, 0.25) is 14.7 Å². The van der Waals surface area contributed by atoms with E-state index in [0.717, 1.165) is 14.7 Å². The topological polar surface area (TPSA) is 78.9 Å². The third-order valence-electron chi connectivity index (χ3n) is 6.79. The van der Waals surface area contributed by atoms with Crippen LogP contribution in [-0.4, -0.2) is 37.2 Å². The highest BCUT2D eigenvalue weighted by Gasteiger charge is 2.38. The molecule has 3 aromatic rings. The number of ketones is 3. The number of para-hydroxylation sites is 3. The van der Waals surface area contributed by atoms with E-state index >= 15 is 0 Å². The molecule has 0 radical (unpaired) electrons. The summed E-state index contributed by atoms with van der Waals surface area (Å²) in [6, 6.07) is 22.8. The van der Waals surface area contributed by atoms with E-state index in [9.17, 15) is 14.4 Å². The molecule has 7 heteroatoms. The fraction of sp³-hybridized carbons (Fsp3) is 0.417. The minimum atomic E-state index is -0.866. The van der Waals surface area contributed by atoms with E-state index in [2.05, 4.69) is 0 Å². The van der Waals surface area contributed by atoms with Crippen molar-refractivity contribution in [1.82, 2.24) is 0 Å². The smallest absolute Gasteiger partial charge is 0.208 e. The fourth-order valence-corrected chi connectivity index (χ4v) is 5.99. The molecule has 0 saturated heterocycles. The quantitative estimate of drug-likeness (QED) is 0.196. The predicted octanol–water partition coefficient (Wildman–Crippen LogP) is 7.76. The predicted molar refractivity (Wildman–Crippen MR) is 171 cm³/mol. The van der Waals surface area contributed by atoms with Gasteiger partial charge in [-0.15, -0.1) is 0 Å². The van der Waals surface area contributed by atoms with Crippen LogP contribution < -0.4 is 14.2 Å². The second-order valence-electron chi connectivity index (χ2n) is 13.5. The van der Waals surface area contributed by atoms with E-state index in [-0.39, 0.29) is 37.2 Å². The van der Waals surface area contributed by atoms with Crippen molar-refractivity contribution in [2.45, 2.75) is 77.0 Å². The Balaban J connectivity index is 2.16. The minimum absolute atomic E-state index is 0.0176. The normalized spacial score (nSPS) is 12.1. The van der Waals surface area contributed by atoms with Crippen molar-refractivity contribution in [2.75, 3.05) is 19.8 Å². The van der Waals surface area contributed by atoms with Crippen LogP contribution in [0.15, 0.2) is 87.5 Å². The Bertz CT molecular complexity index is 1260. The van der Waals surface area contributed by atoms with Gasteiger partial charge in [0.25, 0.3) is 0 Å². The molecular weight excluding hydrogens is 560 g/mol. The maximum absolute atomic E-state index is 12.8. The molecular formula is C36H45O6S+. The molecule has 0 N–H and O–H groups in total. The zero-order valence-electron chi connectivity index (χ0n) is 26.9. The van der Waals surface area contributed by atoms with Crippen LogP contribution in [0.4, 0.5) is 0 Å². The molecule has 0 aliphatic carbocycles. The number of hydrogen-bond donors (Lipinski definition) is 0.